The molecule has 0 aromatic rings. The van der Waals surface area contributed by atoms with Crippen LogP contribution in [0.15, 0.2) is 0 Å². The van der Waals surface area contributed by atoms with Crippen molar-refractivity contribution in [2.45, 2.75) is 45.4 Å². The van der Waals surface area contributed by atoms with Crippen LogP contribution in [0.5, 0.6) is 0 Å². The third-order valence-electron chi connectivity index (χ3n) is 2.06. The van der Waals surface area contributed by atoms with Gasteiger partial charge in [0.1, 0.15) is 0 Å². The van der Waals surface area contributed by atoms with Gasteiger partial charge in [-0.05, 0) is 0 Å². The van der Waals surface area contributed by atoms with Gasteiger partial charge in [0.25, 0.3) is 0 Å². The molecule has 0 aromatic carbocycles. The Kier molecular flexibility index (Phi) is 6.57. The van der Waals surface area contributed by atoms with Gasteiger partial charge in [0.05, 0.1) is 0 Å². The molecule has 0 saturated heterocycles. The van der Waals surface area contributed by atoms with Crippen molar-refractivity contribution in [1.82, 2.24) is 0 Å². The molecule has 1 rings (SSSR count). The Morgan fingerprint density at radius 3 is 2.00 bits per heavy atom. The molecule has 0 aliphatic heterocycles. The van der Waals surface area contributed by atoms with Gasteiger partial charge in [-0.15, -0.1) is 0 Å². The summed E-state index contributed by atoms with van der Waals surface area (Å²) in [6, 6.07) is 0. The minimum absolute atomic E-state index is 0. The van der Waals surface area contributed by atoms with Gasteiger partial charge >= 0.3 is 32.7 Å². The predicted octanol–water partition coefficient (Wildman–Crippen LogP) is 2.93. The van der Waals surface area contributed by atoms with E-state index in [0.29, 0.717) is 0 Å². The van der Waals surface area contributed by atoms with E-state index in [1.165, 1.54) is 38.5 Å². The molecule has 1 aliphatic rings. The van der Waals surface area contributed by atoms with Crippen molar-refractivity contribution in [2.75, 3.05) is 0 Å². The molecular formula is C8H15Y+2. The Labute approximate surface area is 83.7 Å². The summed E-state index contributed by atoms with van der Waals surface area (Å²) < 4.78 is 0. The van der Waals surface area contributed by atoms with Crippen molar-refractivity contribution in [2.24, 2.45) is 0 Å². The first-order valence-corrected chi connectivity index (χ1v) is 3.77. The van der Waals surface area contributed by atoms with Gasteiger partial charge < -0.3 is 5.92 Å². The zero-order valence-electron chi connectivity index (χ0n) is 6.32. The normalized spacial score (nSPS) is 21.0. The molecule has 0 nitrogen and oxygen atoms in total. The van der Waals surface area contributed by atoms with Crippen LogP contribution < -0.4 is 0 Å². The third kappa shape index (κ3) is 3.73. The first-order valence-electron chi connectivity index (χ1n) is 3.77. The zero-order chi connectivity index (χ0) is 5.82. The maximum absolute atomic E-state index is 2.28. The monoisotopic (exact) mass is 200 g/mol. The minimum atomic E-state index is 0. The summed E-state index contributed by atoms with van der Waals surface area (Å²) >= 11 is 0. The first kappa shape index (κ1) is 10.1. The van der Waals surface area contributed by atoms with E-state index in [2.05, 4.69) is 6.92 Å². The summed E-state index contributed by atoms with van der Waals surface area (Å²) in [5.74, 6) is 1.80. The Morgan fingerprint density at radius 2 is 1.67 bits per heavy atom. The fraction of sp³-hybridized carbons (Fsp3) is 0.875. The molecule has 1 saturated carbocycles. The fourth-order valence-electron chi connectivity index (χ4n) is 1.41. The molecule has 48 valence electrons. The van der Waals surface area contributed by atoms with Crippen molar-refractivity contribution in [3.63, 3.8) is 0 Å². The average Bonchev–Trinajstić information content (AvgIpc) is 1.90. The maximum Gasteiger partial charge on any atom is 3.00 e. The second-order valence-electron chi connectivity index (χ2n) is 2.66. The SMILES string of the molecule is CC[C-]1CCCCC1.[Y+3]. The van der Waals surface area contributed by atoms with E-state index in [9.17, 15) is 0 Å². The van der Waals surface area contributed by atoms with Crippen LogP contribution in [0, 0.1) is 5.92 Å². The van der Waals surface area contributed by atoms with Gasteiger partial charge in [0, 0.05) is 0 Å². The average molecular weight is 200 g/mol. The Bertz CT molecular complexity index is 55.6. The molecule has 0 amide bonds. The molecule has 0 unspecified atom stereocenters. The number of hydrogen-bond acceptors (Lipinski definition) is 0. The molecule has 0 atom stereocenters. The molecule has 0 heterocycles. The van der Waals surface area contributed by atoms with Crippen molar-refractivity contribution in [1.29, 1.82) is 0 Å². The maximum atomic E-state index is 2.28. The number of rotatable bonds is 1. The largest absolute Gasteiger partial charge is 3.00 e. The van der Waals surface area contributed by atoms with Gasteiger partial charge in [0.15, 0.2) is 0 Å². The van der Waals surface area contributed by atoms with Gasteiger partial charge in [-0.1, -0.05) is 26.2 Å². The second kappa shape index (κ2) is 5.86. The van der Waals surface area contributed by atoms with Crippen molar-refractivity contribution in [3.8, 4) is 0 Å². The molecule has 0 radical (unpaired) electrons. The Morgan fingerprint density at radius 1 is 1.11 bits per heavy atom. The molecule has 0 N–H and O–H groups in total. The van der Waals surface area contributed by atoms with Gasteiger partial charge in [-0.2, -0.15) is 19.3 Å². The van der Waals surface area contributed by atoms with Gasteiger partial charge in [-0.25, -0.2) is 0 Å². The Balaban J connectivity index is 0.000000640. The van der Waals surface area contributed by atoms with E-state index >= 15 is 0 Å². The van der Waals surface area contributed by atoms with E-state index in [1.807, 2.05) is 0 Å². The summed E-state index contributed by atoms with van der Waals surface area (Å²) in [5.41, 5.74) is 0. The van der Waals surface area contributed by atoms with E-state index in [0.717, 1.165) is 0 Å². The molecule has 9 heavy (non-hydrogen) atoms. The van der Waals surface area contributed by atoms with Crippen molar-refractivity contribution in [3.05, 3.63) is 5.92 Å². The van der Waals surface area contributed by atoms with Crippen LogP contribution in [0.2, 0.25) is 0 Å². The third-order valence-corrected chi connectivity index (χ3v) is 2.06. The standard InChI is InChI=1S/C8H15.Y/c1-2-8-6-4-3-5-7-8;/h2-7H2,1H3;/q-1;+3. The summed E-state index contributed by atoms with van der Waals surface area (Å²) in [6.07, 6.45) is 8.59. The first-order chi connectivity index (χ1) is 3.93. The van der Waals surface area contributed by atoms with Crippen LogP contribution in [0.25, 0.3) is 0 Å². The summed E-state index contributed by atoms with van der Waals surface area (Å²) in [7, 11) is 0. The number of hydrogen-bond donors (Lipinski definition) is 0. The van der Waals surface area contributed by atoms with E-state index in [4.69, 9.17) is 0 Å². The summed E-state index contributed by atoms with van der Waals surface area (Å²) in [6.45, 7) is 2.28. The van der Waals surface area contributed by atoms with E-state index in [1.54, 1.807) is 5.92 Å². The molecule has 1 heteroatoms. The van der Waals surface area contributed by atoms with Gasteiger partial charge in [-0.3, -0.25) is 0 Å². The van der Waals surface area contributed by atoms with Crippen LogP contribution >= 0.6 is 0 Å². The predicted molar refractivity (Wildman–Crippen MR) is 36.6 cm³/mol. The summed E-state index contributed by atoms with van der Waals surface area (Å²) in [4.78, 5) is 0. The smallest absolute Gasteiger partial charge is 0.314 e. The van der Waals surface area contributed by atoms with Crippen LogP contribution in [-0.2, 0) is 32.7 Å². The molecule has 0 spiro atoms. The molecule has 0 bridgehead atoms. The van der Waals surface area contributed by atoms with Gasteiger partial charge in [0.2, 0.25) is 0 Å². The van der Waals surface area contributed by atoms with Crippen molar-refractivity contribution < 1.29 is 32.7 Å². The van der Waals surface area contributed by atoms with E-state index < -0.39 is 0 Å². The van der Waals surface area contributed by atoms with Crippen LogP contribution in [0.4, 0.5) is 0 Å². The fourth-order valence-corrected chi connectivity index (χ4v) is 1.41. The van der Waals surface area contributed by atoms with E-state index in [-0.39, 0.29) is 32.7 Å². The molecule has 1 fully saturated rings. The van der Waals surface area contributed by atoms with Crippen LogP contribution in [-0.4, -0.2) is 0 Å². The Hall–Kier alpha value is 1.10. The second-order valence-corrected chi connectivity index (χ2v) is 2.66. The topological polar surface area (TPSA) is 0 Å². The van der Waals surface area contributed by atoms with Crippen molar-refractivity contribution >= 4 is 0 Å². The van der Waals surface area contributed by atoms with Crippen LogP contribution in [0.1, 0.15) is 45.4 Å². The van der Waals surface area contributed by atoms with Crippen LogP contribution in [0.3, 0.4) is 0 Å². The molecular weight excluding hydrogens is 185 g/mol. The minimum Gasteiger partial charge on any atom is -0.314 e. The summed E-state index contributed by atoms with van der Waals surface area (Å²) in [5, 5.41) is 0. The molecule has 0 aromatic heterocycles. The quantitative estimate of drug-likeness (QED) is 0.571. The zero-order valence-corrected chi connectivity index (χ0v) is 9.16. The molecule has 1 aliphatic carbocycles.